The fraction of sp³-hybridized carbons (Fsp3) is 0.471. The fourth-order valence-electron chi connectivity index (χ4n) is 2.41. The van der Waals surface area contributed by atoms with E-state index in [4.69, 9.17) is 4.74 Å². The van der Waals surface area contributed by atoms with Gasteiger partial charge in [0.15, 0.2) is 5.76 Å². The van der Waals surface area contributed by atoms with Crippen molar-refractivity contribution in [2.24, 2.45) is 0 Å². The van der Waals surface area contributed by atoms with E-state index >= 15 is 0 Å². The molecule has 0 aliphatic carbocycles. The van der Waals surface area contributed by atoms with E-state index < -0.39 is 0 Å². The Morgan fingerprint density at radius 3 is 2.10 bits per heavy atom. The zero-order chi connectivity index (χ0) is 14.9. The molecular weight excluding hydrogens is 252 g/mol. The molecule has 108 valence electrons. The third-order valence-corrected chi connectivity index (χ3v) is 3.60. The summed E-state index contributed by atoms with van der Waals surface area (Å²) in [5.74, 6) is 0.983. The van der Waals surface area contributed by atoms with Crippen LogP contribution in [-0.2, 0) is 4.74 Å². The molecule has 2 rings (SSSR count). The molecular formula is C17H22O3. The number of hydrogen-bond acceptors (Lipinski definition) is 3. The van der Waals surface area contributed by atoms with Crippen molar-refractivity contribution in [2.75, 3.05) is 6.61 Å². The summed E-state index contributed by atoms with van der Waals surface area (Å²) in [5.41, 5.74) is 2.24. The second-order valence-electron chi connectivity index (χ2n) is 5.85. The van der Waals surface area contributed by atoms with Crippen molar-refractivity contribution in [2.45, 2.75) is 46.0 Å². The van der Waals surface area contributed by atoms with Gasteiger partial charge in [0.1, 0.15) is 5.75 Å². The Kier molecular flexibility index (Phi) is 4.17. The Balaban J connectivity index is 2.50. The topological polar surface area (TPSA) is 46.5 Å². The van der Waals surface area contributed by atoms with Crippen LogP contribution in [0.4, 0.5) is 0 Å². The summed E-state index contributed by atoms with van der Waals surface area (Å²) in [6.07, 6.45) is 2.62. The highest BCUT2D eigenvalue weighted by Crippen LogP contribution is 2.35. The van der Waals surface area contributed by atoms with Gasteiger partial charge in [-0.25, -0.2) is 0 Å². The molecule has 0 fully saturated rings. The lowest BCUT2D eigenvalue weighted by atomic mass is 9.90. The van der Waals surface area contributed by atoms with Crippen molar-refractivity contribution in [1.29, 1.82) is 0 Å². The van der Waals surface area contributed by atoms with E-state index in [0.717, 1.165) is 17.5 Å². The third-order valence-electron chi connectivity index (χ3n) is 3.60. The van der Waals surface area contributed by atoms with Gasteiger partial charge in [0.25, 0.3) is 0 Å². The van der Waals surface area contributed by atoms with E-state index in [1.54, 1.807) is 12.1 Å². The minimum Gasteiger partial charge on any atom is -0.507 e. The van der Waals surface area contributed by atoms with E-state index in [1.807, 2.05) is 33.8 Å². The van der Waals surface area contributed by atoms with E-state index in [9.17, 15) is 9.90 Å². The van der Waals surface area contributed by atoms with Gasteiger partial charge >= 0.3 is 0 Å². The van der Waals surface area contributed by atoms with E-state index in [1.165, 1.54) is 0 Å². The Morgan fingerprint density at radius 2 is 1.70 bits per heavy atom. The van der Waals surface area contributed by atoms with E-state index in [2.05, 4.69) is 0 Å². The first kappa shape index (κ1) is 14.6. The zero-order valence-corrected chi connectivity index (χ0v) is 12.6. The van der Waals surface area contributed by atoms with Gasteiger partial charge in [0, 0.05) is 12.0 Å². The maximum absolute atomic E-state index is 12.4. The van der Waals surface area contributed by atoms with Crippen LogP contribution in [0.1, 0.15) is 67.4 Å². The standard InChI is InChI=1S/C17H22O3/c1-10(2)13-8-12(9-14(11(3)4)17(13)19)16(18)15-6-5-7-20-15/h6,8-11,19H,5,7H2,1-4H3. The fourth-order valence-corrected chi connectivity index (χ4v) is 2.41. The highest BCUT2D eigenvalue weighted by atomic mass is 16.5. The van der Waals surface area contributed by atoms with E-state index in [-0.39, 0.29) is 17.6 Å². The first-order chi connectivity index (χ1) is 9.41. The molecule has 0 radical (unpaired) electrons. The molecule has 0 saturated carbocycles. The number of aromatic hydroxyl groups is 1. The predicted molar refractivity (Wildman–Crippen MR) is 79.3 cm³/mol. The van der Waals surface area contributed by atoms with Crippen LogP contribution in [0.3, 0.4) is 0 Å². The molecule has 3 nitrogen and oxygen atoms in total. The van der Waals surface area contributed by atoms with Crippen molar-refractivity contribution in [3.8, 4) is 5.75 Å². The summed E-state index contributed by atoms with van der Waals surface area (Å²) >= 11 is 0. The smallest absolute Gasteiger partial charge is 0.227 e. The normalized spacial score (nSPS) is 14.6. The van der Waals surface area contributed by atoms with Crippen LogP contribution >= 0.6 is 0 Å². The number of ether oxygens (including phenoxy) is 1. The summed E-state index contributed by atoms with van der Waals surface area (Å²) < 4.78 is 5.35. The van der Waals surface area contributed by atoms with Gasteiger partial charge in [-0.3, -0.25) is 4.79 Å². The van der Waals surface area contributed by atoms with Gasteiger partial charge in [-0.2, -0.15) is 0 Å². The summed E-state index contributed by atoms with van der Waals surface area (Å²) in [6, 6.07) is 3.58. The number of phenolic OH excluding ortho intramolecular Hbond substituents is 1. The number of allylic oxidation sites excluding steroid dienone is 1. The monoisotopic (exact) mass is 274 g/mol. The minimum atomic E-state index is -0.0914. The maximum atomic E-state index is 12.4. The number of benzene rings is 1. The minimum absolute atomic E-state index is 0.0914. The summed E-state index contributed by atoms with van der Waals surface area (Å²) in [6.45, 7) is 8.63. The highest BCUT2D eigenvalue weighted by molar-refractivity contribution is 6.07. The van der Waals surface area contributed by atoms with Crippen molar-refractivity contribution in [3.05, 3.63) is 40.7 Å². The highest BCUT2D eigenvalue weighted by Gasteiger charge is 2.22. The van der Waals surface area contributed by atoms with Crippen molar-refractivity contribution in [3.63, 3.8) is 0 Å². The first-order valence-electron chi connectivity index (χ1n) is 7.16. The van der Waals surface area contributed by atoms with Crippen LogP contribution < -0.4 is 0 Å². The summed E-state index contributed by atoms with van der Waals surface area (Å²) in [4.78, 5) is 12.4. The van der Waals surface area contributed by atoms with Gasteiger partial charge in [-0.15, -0.1) is 0 Å². The van der Waals surface area contributed by atoms with Crippen LogP contribution in [0, 0.1) is 0 Å². The summed E-state index contributed by atoms with van der Waals surface area (Å²) in [7, 11) is 0. The molecule has 1 aromatic carbocycles. The molecule has 0 saturated heterocycles. The molecule has 0 aromatic heterocycles. The maximum Gasteiger partial charge on any atom is 0.227 e. The number of Topliss-reactive ketones (excluding diaryl/α,β-unsaturated/α-hetero) is 1. The van der Waals surface area contributed by atoms with E-state index in [0.29, 0.717) is 23.7 Å². The van der Waals surface area contributed by atoms with Crippen LogP contribution in [-0.4, -0.2) is 17.5 Å². The molecule has 20 heavy (non-hydrogen) atoms. The Bertz CT molecular complexity index is 524. The number of ketones is 1. The molecule has 0 amide bonds. The van der Waals surface area contributed by atoms with Gasteiger partial charge in [0.2, 0.25) is 5.78 Å². The van der Waals surface area contributed by atoms with Crippen LogP contribution in [0.2, 0.25) is 0 Å². The SMILES string of the molecule is CC(C)c1cc(C(=O)C2=CCCO2)cc(C(C)C)c1O. The van der Waals surface area contributed by atoms with Crippen molar-refractivity contribution < 1.29 is 14.6 Å². The Labute approximate surface area is 120 Å². The van der Waals surface area contributed by atoms with Gasteiger partial charge in [-0.1, -0.05) is 27.7 Å². The molecule has 0 unspecified atom stereocenters. The number of hydrogen-bond donors (Lipinski definition) is 1. The Morgan fingerprint density at radius 1 is 1.15 bits per heavy atom. The molecule has 0 bridgehead atoms. The molecule has 3 heteroatoms. The number of carbonyl (C=O) groups is 1. The first-order valence-corrected chi connectivity index (χ1v) is 7.16. The molecule has 1 N–H and O–H groups in total. The third kappa shape index (κ3) is 2.72. The molecule has 1 aliphatic heterocycles. The number of rotatable bonds is 4. The number of phenols is 1. The second kappa shape index (κ2) is 5.70. The van der Waals surface area contributed by atoms with Crippen molar-refractivity contribution in [1.82, 2.24) is 0 Å². The zero-order valence-electron chi connectivity index (χ0n) is 12.6. The van der Waals surface area contributed by atoms with Crippen LogP contribution in [0.25, 0.3) is 0 Å². The lowest BCUT2D eigenvalue weighted by Crippen LogP contribution is -2.07. The quantitative estimate of drug-likeness (QED) is 0.840. The molecule has 0 spiro atoms. The predicted octanol–water partition coefficient (Wildman–Crippen LogP) is 4.13. The summed E-state index contributed by atoms with van der Waals surface area (Å²) in [5, 5.41) is 10.3. The lowest BCUT2D eigenvalue weighted by molar-refractivity contribution is 0.0942. The molecule has 0 atom stereocenters. The Hall–Kier alpha value is -1.77. The lowest BCUT2D eigenvalue weighted by Gasteiger charge is -2.17. The second-order valence-corrected chi connectivity index (χ2v) is 5.85. The average Bonchev–Trinajstić information content (AvgIpc) is 2.91. The van der Waals surface area contributed by atoms with Gasteiger partial charge in [0.05, 0.1) is 6.61 Å². The van der Waals surface area contributed by atoms with Crippen LogP contribution in [0.15, 0.2) is 24.0 Å². The van der Waals surface area contributed by atoms with Crippen molar-refractivity contribution >= 4 is 5.78 Å². The molecule has 1 aromatic rings. The largest absolute Gasteiger partial charge is 0.507 e. The average molecular weight is 274 g/mol. The molecule has 1 aliphatic rings. The van der Waals surface area contributed by atoms with Gasteiger partial charge < -0.3 is 9.84 Å². The van der Waals surface area contributed by atoms with Crippen LogP contribution in [0.5, 0.6) is 5.75 Å². The number of carbonyl (C=O) groups excluding carboxylic acids is 1. The van der Waals surface area contributed by atoms with Gasteiger partial charge in [-0.05, 0) is 41.2 Å². The molecule has 1 heterocycles.